The Morgan fingerprint density at radius 1 is 1.45 bits per heavy atom. The molecule has 1 nitrogen and oxygen atoms in total. The molecule has 0 saturated heterocycles. The first-order valence-corrected chi connectivity index (χ1v) is 3.95. The third-order valence-corrected chi connectivity index (χ3v) is 2.07. The lowest BCUT2D eigenvalue weighted by Crippen LogP contribution is -1.76. The largest absolute Gasteiger partial charge is 0.507 e. The van der Waals surface area contributed by atoms with Gasteiger partial charge in [0.25, 0.3) is 0 Å². The lowest BCUT2D eigenvalue weighted by molar-refractivity contribution is 0.472. The molecule has 0 aliphatic rings. The van der Waals surface area contributed by atoms with Crippen molar-refractivity contribution in [3.63, 3.8) is 0 Å². The number of hydrogen-bond donors (Lipinski definition) is 1. The van der Waals surface area contributed by atoms with Gasteiger partial charge in [0, 0.05) is 5.56 Å². The molecule has 0 aliphatic heterocycles. The standard InChI is InChI=1S/C9H7BrO/c1-2-4-7-5-3-6-8(11)9(7)10/h3,5-6,11H,1H3. The van der Waals surface area contributed by atoms with E-state index in [-0.39, 0.29) is 5.75 Å². The second-order valence-electron chi connectivity index (χ2n) is 2.01. The molecule has 0 fully saturated rings. The van der Waals surface area contributed by atoms with Gasteiger partial charge in [-0.15, -0.1) is 5.92 Å². The molecule has 0 bridgehead atoms. The van der Waals surface area contributed by atoms with E-state index in [4.69, 9.17) is 0 Å². The van der Waals surface area contributed by atoms with Crippen LogP contribution in [0.1, 0.15) is 12.5 Å². The van der Waals surface area contributed by atoms with Crippen LogP contribution in [0.2, 0.25) is 0 Å². The molecule has 56 valence electrons. The maximum absolute atomic E-state index is 9.21. The summed E-state index contributed by atoms with van der Waals surface area (Å²) in [7, 11) is 0. The van der Waals surface area contributed by atoms with E-state index in [1.165, 1.54) is 0 Å². The van der Waals surface area contributed by atoms with Crippen molar-refractivity contribution >= 4 is 15.9 Å². The molecule has 0 unspecified atom stereocenters. The molecular formula is C9H7BrO. The van der Waals surface area contributed by atoms with Crippen molar-refractivity contribution < 1.29 is 5.11 Å². The predicted octanol–water partition coefficient (Wildman–Crippen LogP) is 2.53. The quantitative estimate of drug-likeness (QED) is 0.653. The summed E-state index contributed by atoms with van der Waals surface area (Å²) < 4.78 is 0.661. The summed E-state index contributed by atoms with van der Waals surface area (Å²) in [6.07, 6.45) is 0. The van der Waals surface area contributed by atoms with Gasteiger partial charge < -0.3 is 5.11 Å². The molecule has 0 amide bonds. The maximum Gasteiger partial charge on any atom is 0.131 e. The zero-order valence-electron chi connectivity index (χ0n) is 6.06. The SMILES string of the molecule is CC#Cc1cccc(O)c1Br. The second kappa shape index (κ2) is 3.45. The Balaban J connectivity index is 3.23. The molecule has 2 heteroatoms. The van der Waals surface area contributed by atoms with Gasteiger partial charge in [-0.1, -0.05) is 12.0 Å². The van der Waals surface area contributed by atoms with E-state index in [2.05, 4.69) is 27.8 Å². The minimum absolute atomic E-state index is 0.227. The van der Waals surface area contributed by atoms with Crippen molar-refractivity contribution in [1.82, 2.24) is 0 Å². The van der Waals surface area contributed by atoms with Crippen molar-refractivity contribution in [3.8, 4) is 17.6 Å². The van der Waals surface area contributed by atoms with E-state index < -0.39 is 0 Å². The zero-order valence-corrected chi connectivity index (χ0v) is 7.64. The summed E-state index contributed by atoms with van der Waals surface area (Å²) in [5.74, 6) is 5.85. The van der Waals surface area contributed by atoms with E-state index in [0.29, 0.717) is 4.47 Å². The highest BCUT2D eigenvalue weighted by atomic mass is 79.9. The number of halogens is 1. The topological polar surface area (TPSA) is 20.2 Å². The number of hydrogen-bond acceptors (Lipinski definition) is 1. The highest BCUT2D eigenvalue weighted by Gasteiger charge is 1.99. The Labute approximate surface area is 74.2 Å². The Morgan fingerprint density at radius 2 is 2.18 bits per heavy atom. The average molecular weight is 211 g/mol. The first-order valence-electron chi connectivity index (χ1n) is 3.16. The van der Waals surface area contributed by atoms with Crippen LogP contribution in [-0.2, 0) is 0 Å². The van der Waals surface area contributed by atoms with Crippen LogP contribution in [0.4, 0.5) is 0 Å². The second-order valence-corrected chi connectivity index (χ2v) is 2.81. The van der Waals surface area contributed by atoms with Gasteiger partial charge in [0.1, 0.15) is 5.75 Å². The van der Waals surface area contributed by atoms with Gasteiger partial charge in [0.05, 0.1) is 4.47 Å². The van der Waals surface area contributed by atoms with Crippen LogP contribution in [0.15, 0.2) is 22.7 Å². The van der Waals surface area contributed by atoms with Gasteiger partial charge in [0.15, 0.2) is 0 Å². The molecule has 1 aromatic rings. The van der Waals surface area contributed by atoms with Crippen LogP contribution in [0, 0.1) is 11.8 Å². The molecular weight excluding hydrogens is 204 g/mol. The molecule has 0 atom stereocenters. The number of aromatic hydroxyl groups is 1. The van der Waals surface area contributed by atoms with Crippen molar-refractivity contribution in [2.75, 3.05) is 0 Å². The smallest absolute Gasteiger partial charge is 0.131 e. The van der Waals surface area contributed by atoms with Crippen molar-refractivity contribution in [2.45, 2.75) is 6.92 Å². The molecule has 11 heavy (non-hydrogen) atoms. The first kappa shape index (κ1) is 8.16. The molecule has 0 heterocycles. The average Bonchev–Trinajstić information content (AvgIpc) is 1.99. The summed E-state index contributed by atoms with van der Waals surface area (Å²) in [6.45, 7) is 1.76. The lowest BCUT2D eigenvalue weighted by atomic mass is 10.2. The van der Waals surface area contributed by atoms with Gasteiger partial charge in [-0.25, -0.2) is 0 Å². The Morgan fingerprint density at radius 3 is 2.82 bits per heavy atom. The number of rotatable bonds is 0. The van der Waals surface area contributed by atoms with Gasteiger partial charge in [-0.2, -0.15) is 0 Å². The van der Waals surface area contributed by atoms with Crippen LogP contribution < -0.4 is 0 Å². The van der Waals surface area contributed by atoms with E-state index in [0.717, 1.165) is 5.56 Å². The monoisotopic (exact) mass is 210 g/mol. The Hall–Kier alpha value is -0.940. The van der Waals surface area contributed by atoms with Crippen molar-refractivity contribution in [1.29, 1.82) is 0 Å². The lowest BCUT2D eigenvalue weighted by Gasteiger charge is -1.97. The number of phenols is 1. The molecule has 0 spiro atoms. The van der Waals surface area contributed by atoms with Gasteiger partial charge >= 0.3 is 0 Å². The molecule has 0 aromatic heterocycles. The zero-order chi connectivity index (χ0) is 8.27. The fraction of sp³-hybridized carbons (Fsp3) is 0.111. The van der Waals surface area contributed by atoms with Crippen LogP contribution >= 0.6 is 15.9 Å². The van der Waals surface area contributed by atoms with E-state index in [1.807, 2.05) is 6.07 Å². The summed E-state index contributed by atoms with van der Waals surface area (Å²) in [5, 5.41) is 9.21. The Bertz CT molecular complexity index is 320. The highest BCUT2D eigenvalue weighted by molar-refractivity contribution is 9.10. The molecule has 1 rings (SSSR count). The fourth-order valence-electron chi connectivity index (χ4n) is 0.751. The van der Waals surface area contributed by atoms with Crippen LogP contribution in [0.25, 0.3) is 0 Å². The van der Waals surface area contributed by atoms with Crippen LogP contribution in [0.3, 0.4) is 0 Å². The van der Waals surface area contributed by atoms with Gasteiger partial charge in [-0.05, 0) is 35.0 Å². The summed E-state index contributed by atoms with van der Waals surface area (Å²) in [4.78, 5) is 0. The predicted molar refractivity (Wildman–Crippen MR) is 48.4 cm³/mol. The van der Waals surface area contributed by atoms with E-state index in [9.17, 15) is 5.11 Å². The van der Waals surface area contributed by atoms with Crippen molar-refractivity contribution in [2.24, 2.45) is 0 Å². The number of phenolic OH excluding ortho intramolecular Hbond substituents is 1. The first-order chi connectivity index (χ1) is 5.25. The van der Waals surface area contributed by atoms with Crippen LogP contribution in [0.5, 0.6) is 5.75 Å². The van der Waals surface area contributed by atoms with E-state index >= 15 is 0 Å². The fourth-order valence-corrected chi connectivity index (χ4v) is 1.11. The molecule has 0 radical (unpaired) electrons. The Kier molecular flexibility index (Phi) is 2.56. The molecule has 1 aromatic carbocycles. The summed E-state index contributed by atoms with van der Waals surface area (Å²) in [5.41, 5.74) is 0.813. The summed E-state index contributed by atoms with van der Waals surface area (Å²) >= 11 is 3.23. The minimum atomic E-state index is 0.227. The molecule has 0 aliphatic carbocycles. The van der Waals surface area contributed by atoms with Gasteiger partial charge in [0.2, 0.25) is 0 Å². The van der Waals surface area contributed by atoms with Crippen LogP contribution in [-0.4, -0.2) is 5.11 Å². The van der Waals surface area contributed by atoms with Crippen molar-refractivity contribution in [3.05, 3.63) is 28.2 Å². The minimum Gasteiger partial charge on any atom is -0.507 e. The van der Waals surface area contributed by atoms with E-state index in [1.54, 1.807) is 19.1 Å². The third-order valence-electron chi connectivity index (χ3n) is 1.24. The van der Waals surface area contributed by atoms with Gasteiger partial charge in [-0.3, -0.25) is 0 Å². The summed E-state index contributed by atoms with van der Waals surface area (Å²) in [6, 6.07) is 5.23. The third kappa shape index (κ3) is 1.75. The molecule has 1 N–H and O–H groups in total. The highest BCUT2D eigenvalue weighted by Crippen LogP contribution is 2.26. The molecule has 0 saturated carbocycles. The maximum atomic E-state index is 9.21. The normalized spacial score (nSPS) is 8.55. The number of benzene rings is 1.